The Kier molecular flexibility index (Phi) is 8.68. The average Bonchev–Trinajstić information content (AvgIpc) is 3.13. The smallest absolute Gasteiger partial charge is 0.342 e. The van der Waals surface area contributed by atoms with Crippen LogP contribution in [0.2, 0.25) is 5.02 Å². The summed E-state index contributed by atoms with van der Waals surface area (Å²) in [5.74, 6) is 0.156. The van der Waals surface area contributed by atoms with Crippen molar-refractivity contribution in [3.05, 3.63) is 22.2 Å². The van der Waals surface area contributed by atoms with Crippen LogP contribution >= 0.6 is 24.0 Å². The molecule has 2 heterocycles. The topological polar surface area (TPSA) is 74.0 Å². The van der Waals surface area contributed by atoms with Gasteiger partial charge in [-0.25, -0.2) is 4.79 Å². The van der Waals surface area contributed by atoms with E-state index < -0.39 is 0 Å². The van der Waals surface area contributed by atoms with E-state index in [1.165, 1.54) is 0 Å². The van der Waals surface area contributed by atoms with Crippen molar-refractivity contribution in [2.24, 2.45) is 0 Å². The largest absolute Gasteiger partial charge is 0.492 e. The van der Waals surface area contributed by atoms with Crippen molar-refractivity contribution in [3.8, 4) is 5.75 Å². The zero-order chi connectivity index (χ0) is 19.4. The number of likely N-dealkylation sites (tertiary alicyclic amines) is 1. The van der Waals surface area contributed by atoms with Gasteiger partial charge in [0, 0.05) is 38.2 Å². The van der Waals surface area contributed by atoms with E-state index in [9.17, 15) is 4.79 Å². The summed E-state index contributed by atoms with van der Waals surface area (Å²) < 4.78 is 16.9. The van der Waals surface area contributed by atoms with E-state index in [0.29, 0.717) is 35.1 Å². The molecule has 0 radical (unpaired) electrons. The van der Waals surface area contributed by atoms with Gasteiger partial charge in [0.15, 0.2) is 0 Å². The predicted octanol–water partition coefficient (Wildman–Crippen LogP) is 3.72. The number of piperidine rings is 1. The number of fused-ring (bicyclic) bond motifs is 1. The highest BCUT2D eigenvalue weighted by Crippen LogP contribution is 2.39. The molecule has 28 heavy (non-hydrogen) atoms. The number of ether oxygens (including phenoxy) is 3. The van der Waals surface area contributed by atoms with Crippen LogP contribution in [0.15, 0.2) is 6.07 Å². The Balaban J connectivity index is 0.00000280. The fourth-order valence-corrected chi connectivity index (χ4v) is 3.81. The van der Waals surface area contributed by atoms with E-state index in [1.807, 2.05) is 0 Å². The van der Waals surface area contributed by atoms with Gasteiger partial charge in [0.2, 0.25) is 0 Å². The Bertz CT molecular complexity index is 677. The van der Waals surface area contributed by atoms with Gasteiger partial charge < -0.3 is 24.8 Å². The number of rotatable bonds is 7. The van der Waals surface area contributed by atoms with Crippen LogP contribution in [0.4, 0.5) is 5.69 Å². The summed E-state index contributed by atoms with van der Waals surface area (Å²) in [6.07, 6.45) is 3.57. The lowest BCUT2D eigenvalue weighted by molar-refractivity contribution is 0.00927. The Morgan fingerprint density at radius 1 is 1.39 bits per heavy atom. The van der Waals surface area contributed by atoms with Crippen LogP contribution in [0.1, 0.15) is 49.0 Å². The van der Waals surface area contributed by atoms with Crippen LogP contribution in [0.3, 0.4) is 0 Å². The molecule has 1 fully saturated rings. The molecule has 1 aromatic carbocycles. The van der Waals surface area contributed by atoms with Crippen LogP contribution in [0.25, 0.3) is 0 Å². The number of halogens is 2. The molecule has 1 saturated heterocycles. The first kappa shape index (κ1) is 23.1. The maximum Gasteiger partial charge on any atom is 0.342 e. The van der Waals surface area contributed by atoms with Crippen molar-refractivity contribution >= 4 is 35.7 Å². The maximum atomic E-state index is 12.7. The van der Waals surface area contributed by atoms with E-state index in [1.54, 1.807) is 6.07 Å². The van der Waals surface area contributed by atoms with Gasteiger partial charge in [-0.1, -0.05) is 11.6 Å². The highest BCUT2D eigenvalue weighted by molar-refractivity contribution is 6.33. The molecule has 2 aliphatic heterocycles. The van der Waals surface area contributed by atoms with Gasteiger partial charge in [0.05, 0.1) is 23.4 Å². The van der Waals surface area contributed by atoms with Gasteiger partial charge >= 0.3 is 5.97 Å². The number of carbonyl (C=O) groups is 1. The monoisotopic (exact) mass is 432 g/mol. The van der Waals surface area contributed by atoms with Crippen LogP contribution in [-0.2, 0) is 15.9 Å². The third-order valence-corrected chi connectivity index (χ3v) is 5.38. The maximum absolute atomic E-state index is 12.7. The van der Waals surface area contributed by atoms with Gasteiger partial charge in [-0.05, 0) is 39.2 Å². The van der Waals surface area contributed by atoms with Crippen LogP contribution in [-0.4, -0.2) is 55.9 Å². The molecular formula is C20H30Cl2N2O4. The zero-order valence-electron chi connectivity index (χ0n) is 16.5. The molecule has 3 rings (SSSR count). The zero-order valence-corrected chi connectivity index (χ0v) is 18.1. The molecule has 0 amide bonds. The summed E-state index contributed by atoms with van der Waals surface area (Å²) in [7, 11) is 0. The SMILES string of the molecule is CC(C)OCCCN1CCC(OC(=O)c2cc(Cl)c(N)c3c2OCC3)CC1.Cl. The normalized spacial score (nSPS) is 17.1. The minimum absolute atomic E-state index is 0. The van der Waals surface area contributed by atoms with Gasteiger partial charge in [-0.15, -0.1) is 12.4 Å². The highest BCUT2D eigenvalue weighted by Gasteiger charge is 2.29. The molecule has 0 saturated carbocycles. The van der Waals surface area contributed by atoms with E-state index in [4.69, 9.17) is 31.5 Å². The van der Waals surface area contributed by atoms with E-state index >= 15 is 0 Å². The second-order valence-corrected chi connectivity index (χ2v) is 7.85. The number of nitrogen functional groups attached to an aromatic ring is 1. The minimum Gasteiger partial charge on any atom is -0.492 e. The second-order valence-electron chi connectivity index (χ2n) is 7.45. The third kappa shape index (κ3) is 5.66. The lowest BCUT2D eigenvalue weighted by atomic mass is 10.0. The fraction of sp³-hybridized carbons (Fsp3) is 0.650. The van der Waals surface area contributed by atoms with E-state index in [2.05, 4.69) is 18.7 Å². The predicted molar refractivity (Wildman–Crippen MR) is 113 cm³/mol. The molecule has 158 valence electrons. The number of anilines is 1. The number of carbonyl (C=O) groups excluding carboxylic acids is 1. The van der Waals surface area contributed by atoms with Gasteiger partial charge in [0.25, 0.3) is 0 Å². The Morgan fingerprint density at radius 3 is 2.79 bits per heavy atom. The van der Waals surface area contributed by atoms with Crippen LogP contribution in [0, 0.1) is 0 Å². The Hall–Kier alpha value is -1.21. The summed E-state index contributed by atoms with van der Waals surface area (Å²) >= 11 is 6.18. The summed E-state index contributed by atoms with van der Waals surface area (Å²) in [6, 6.07) is 1.56. The number of hydrogen-bond donors (Lipinski definition) is 1. The Morgan fingerprint density at radius 2 is 2.11 bits per heavy atom. The lowest BCUT2D eigenvalue weighted by Gasteiger charge is -2.31. The summed E-state index contributed by atoms with van der Waals surface area (Å²) in [4.78, 5) is 15.1. The van der Waals surface area contributed by atoms with Crippen LogP contribution in [0.5, 0.6) is 5.75 Å². The molecule has 0 bridgehead atoms. The van der Waals surface area contributed by atoms with Crippen molar-refractivity contribution in [2.45, 2.75) is 51.7 Å². The van der Waals surface area contributed by atoms with Crippen molar-refractivity contribution in [3.63, 3.8) is 0 Å². The molecule has 1 aromatic rings. The number of hydrogen-bond acceptors (Lipinski definition) is 6. The minimum atomic E-state index is -0.376. The van der Waals surface area contributed by atoms with Crippen molar-refractivity contribution in [2.75, 3.05) is 38.6 Å². The molecule has 6 nitrogen and oxygen atoms in total. The first-order valence-corrected chi connectivity index (χ1v) is 10.1. The molecule has 0 atom stereocenters. The molecule has 0 unspecified atom stereocenters. The second kappa shape index (κ2) is 10.5. The van der Waals surface area contributed by atoms with Crippen LogP contribution < -0.4 is 10.5 Å². The molecule has 2 N–H and O–H groups in total. The number of nitrogens with zero attached hydrogens (tertiary/aromatic N) is 1. The van der Waals surface area contributed by atoms with E-state index in [-0.39, 0.29) is 30.6 Å². The first-order valence-electron chi connectivity index (χ1n) is 9.74. The van der Waals surface area contributed by atoms with Crippen molar-refractivity contribution in [1.29, 1.82) is 0 Å². The molecule has 0 aromatic heterocycles. The summed E-state index contributed by atoms with van der Waals surface area (Å²) in [6.45, 7) is 8.27. The standard InChI is InChI=1S/C20H29ClN2O4.ClH/c1-13(2)25-10-3-7-23-8-4-14(5-9-23)27-20(24)16-12-17(21)18(22)15-6-11-26-19(15)16;/h12-14H,3-11,22H2,1-2H3;1H. The molecule has 0 spiro atoms. The van der Waals surface area contributed by atoms with Crippen molar-refractivity contribution < 1.29 is 19.0 Å². The number of esters is 1. The lowest BCUT2D eigenvalue weighted by Crippen LogP contribution is -2.38. The van der Waals surface area contributed by atoms with Gasteiger partial charge in [-0.3, -0.25) is 0 Å². The number of benzene rings is 1. The highest BCUT2D eigenvalue weighted by atomic mass is 35.5. The molecule has 8 heteroatoms. The molecule has 2 aliphatic rings. The first-order chi connectivity index (χ1) is 13.0. The Labute approximate surface area is 178 Å². The quantitative estimate of drug-likeness (QED) is 0.402. The third-order valence-electron chi connectivity index (χ3n) is 5.07. The van der Waals surface area contributed by atoms with E-state index in [0.717, 1.165) is 51.1 Å². The molecular weight excluding hydrogens is 403 g/mol. The van der Waals surface area contributed by atoms with Gasteiger partial charge in [0.1, 0.15) is 17.4 Å². The van der Waals surface area contributed by atoms with Crippen molar-refractivity contribution in [1.82, 2.24) is 4.90 Å². The average molecular weight is 433 g/mol. The van der Waals surface area contributed by atoms with Gasteiger partial charge in [-0.2, -0.15) is 0 Å². The molecule has 0 aliphatic carbocycles. The summed E-state index contributed by atoms with van der Waals surface area (Å²) in [5, 5.41) is 0.379. The number of nitrogens with two attached hydrogens (primary N) is 1. The fourth-order valence-electron chi connectivity index (χ4n) is 3.59. The summed E-state index contributed by atoms with van der Waals surface area (Å²) in [5.41, 5.74) is 7.68.